The van der Waals surface area contributed by atoms with Crippen molar-refractivity contribution in [3.05, 3.63) is 11.8 Å². The summed E-state index contributed by atoms with van der Waals surface area (Å²) in [6.45, 7) is 11.0. The second-order valence-corrected chi connectivity index (χ2v) is 7.12. The minimum atomic E-state index is -0.572. The lowest BCUT2D eigenvalue weighted by atomic mass is 10.2. The Morgan fingerprint density at radius 3 is 1.96 bits per heavy atom. The molecule has 0 bridgehead atoms. The van der Waals surface area contributed by atoms with E-state index in [1.165, 1.54) is 0 Å². The van der Waals surface area contributed by atoms with E-state index in [0.717, 1.165) is 0 Å². The van der Waals surface area contributed by atoms with E-state index in [0.29, 0.717) is 18.9 Å². The first-order valence-corrected chi connectivity index (χ1v) is 7.69. The van der Waals surface area contributed by atoms with E-state index in [-0.39, 0.29) is 12.4 Å². The number of ether oxygens (including phenoxy) is 2. The molecule has 0 fully saturated rings. The number of carbonyl (C=O) groups excluding carboxylic acids is 2. The quantitative estimate of drug-likeness (QED) is 0.842. The van der Waals surface area contributed by atoms with Gasteiger partial charge in [0.2, 0.25) is 11.8 Å². The van der Waals surface area contributed by atoms with E-state index in [9.17, 15) is 9.59 Å². The lowest BCUT2D eigenvalue weighted by Crippen LogP contribution is -2.33. The largest absolute Gasteiger partial charge is 0.444 e. The van der Waals surface area contributed by atoms with Crippen molar-refractivity contribution in [2.75, 3.05) is 6.54 Å². The van der Waals surface area contributed by atoms with Gasteiger partial charge in [0, 0.05) is 13.0 Å². The molecule has 0 radical (unpaired) electrons. The molecule has 1 heterocycles. The van der Waals surface area contributed by atoms with Crippen molar-refractivity contribution in [1.29, 1.82) is 0 Å². The predicted molar refractivity (Wildman–Crippen MR) is 85.3 cm³/mol. The molecule has 9 heteroatoms. The maximum absolute atomic E-state index is 11.5. The van der Waals surface area contributed by atoms with Crippen LogP contribution >= 0.6 is 0 Å². The van der Waals surface area contributed by atoms with Gasteiger partial charge in [-0.25, -0.2) is 9.59 Å². The number of carbonyl (C=O) groups is 2. The average molecular weight is 342 g/mol. The van der Waals surface area contributed by atoms with Gasteiger partial charge in [0.05, 0.1) is 6.54 Å². The first kappa shape index (κ1) is 19.7. The molecule has 0 saturated heterocycles. The minimum absolute atomic E-state index is 0.0708. The fourth-order valence-corrected chi connectivity index (χ4v) is 1.51. The first-order chi connectivity index (χ1) is 10.9. The smallest absolute Gasteiger partial charge is 0.408 e. The minimum Gasteiger partial charge on any atom is -0.444 e. The molecule has 0 aliphatic heterocycles. The van der Waals surface area contributed by atoms with Crippen molar-refractivity contribution in [2.24, 2.45) is 0 Å². The van der Waals surface area contributed by atoms with Gasteiger partial charge >= 0.3 is 12.2 Å². The Bertz CT molecular complexity index is 557. The molecular weight excluding hydrogens is 316 g/mol. The Balaban J connectivity index is 2.31. The Hall–Kier alpha value is -2.32. The third-order valence-electron chi connectivity index (χ3n) is 2.30. The van der Waals surface area contributed by atoms with Gasteiger partial charge in [-0.15, -0.1) is 10.2 Å². The Morgan fingerprint density at radius 2 is 1.42 bits per heavy atom. The van der Waals surface area contributed by atoms with E-state index in [1.54, 1.807) is 41.5 Å². The zero-order chi connectivity index (χ0) is 18.4. The van der Waals surface area contributed by atoms with Gasteiger partial charge in [0.15, 0.2) is 0 Å². The van der Waals surface area contributed by atoms with Crippen LogP contribution in [0.1, 0.15) is 53.3 Å². The number of aromatic nitrogens is 2. The highest BCUT2D eigenvalue weighted by Gasteiger charge is 2.17. The molecule has 0 atom stereocenters. The van der Waals surface area contributed by atoms with Gasteiger partial charge in [-0.3, -0.25) is 0 Å². The Kier molecular flexibility index (Phi) is 6.56. The third kappa shape index (κ3) is 8.96. The number of nitrogens with zero attached hydrogens (tertiary/aromatic N) is 2. The van der Waals surface area contributed by atoms with Crippen LogP contribution in [-0.4, -0.2) is 40.1 Å². The lowest BCUT2D eigenvalue weighted by molar-refractivity contribution is 0.0509. The van der Waals surface area contributed by atoms with Gasteiger partial charge in [0.25, 0.3) is 0 Å². The van der Waals surface area contributed by atoms with Crippen LogP contribution in [-0.2, 0) is 22.4 Å². The third-order valence-corrected chi connectivity index (χ3v) is 2.30. The molecule has 136 valence electrons. The molecule has 1 rings (SSSR count). The van der Waals surface area contributed by atoms with Crippen molar-refractivity contribution in [2.45, 2.75) is 65.7 Å². The van der Waals surface area contributed by atoms with Crippen LogP contribution < -0.4 is 10.6 Å². The highest BCUT2D eigenvalue weighted by Crippen LogP contribution is 2.08. The number of hydrogen-bond donors (Lipinski definition) is 2. The number of hydrogen-bond acceptors (Lipinski definition) is 7. The topological polar surface area (TPSA) is 116 Å². The summed E-state index contributed by atoms with van der Waals surface area (Å²) in [6.07, 6.45) is -0.707. The normalized spacial score (nSPS) is 11.8. The highest BCUT2D eigenvalue weighted by molar-refractivity contribution is 5.67. The first-order valence-electron chi connectivity index (χ1n) is 7.69. The molecule has 0 aliphatic rings. The molecule has 0 unspecified atom stereocenters. The van der Waals surface area contributed by atoms with Crippen LogP contribution in [0.25, 0.3) is 0 Å². The zero-order valence-electron chi connectivity index (χ0n) is 15.1. The molecule has 0 aliphatic carbocycles. The van der Waals surface area contributed by atoms with E-state index in [2.05, 4.69) is 20.8 Å². The Labute approximate surface area is 141 Å². The van der Waals surface area contributed by atoms with Crippen LogP contribution in [0.2, 0.25) is 0 Å². The molecule has 1 aromatic rings. The summed E-state index contributed by atoms with van der Waals surface area (Å²) in [5, 5.41) is 12.8. The van der Waals surface area contributed by atoms with Crippen molar-refractivity contribution in [3.63, 3.8) is 0 Å². The summed E-state index contributed by atoms with van der Waals surface area (Å²) in [4.78, 5) is 23.0. The Morgan fingerprint density at radius 1 is 0.917 bits per heavy atom. The van der Waals surface area contributed by atoms with E-state index in [4.69, 9.17) is 13.9 Å². The number of rotatable bonds is 5. The standard InChI is InChI=1S/C15H26N4O5/c1-14(2,3)23-12(20)16-8-7-10-18-19-11(22-10)9-17-13(21)24-15(4,5)6/h7-9H2,1-6H3,(H,16,20)(H,17,21). The van der Waals surface area contributed by atoms with Gasteiger partial charge in [0.1, 0.15) is 11.2 Å². The summed E-state index contributed by atoms with van der Waals surface area (Å²) in [5.41, 5.74) is -1.12. The maximum Gasteiger partial charge on any atom is 0.408 e. The van der Waals surface area contributed by atoms with E-state index < -0.39 is 23.4 Å². The molecule has 2 amide bonds. The van der Waals surface area contributed by atoms with Gasteiger partial charge in [-0.2, -0.15) is 0 Å². The fourth-order valence-electron chi connectivity index (χ4n) is 1.51. The molecular formula is C15H26N4O5. The van der Waals surface area contributed by atoms with Gasteiger partial charge in [-0.1, -0.05) is 0 Å². The maximum atomic E-state index is 11.5. The second-order valence-electron chi connectivity index (χ2n) is 7.12. The molecule has 0 saturated carbocycles. The summed E-state index contributed by atoms with van der Waals surface area (Å²) in [7, 11) is 0. The summed E-state index contributed by atoms with van der Waals surface area (Å²) < 4.78 is 15.6. The number of amides is 2. The van der Waals surface area contributed by atoms with Gasteiger partial charge in [-0.05, 0) is 41.5 Å². The van der Waals surface area contributed by atoms with Crippen LogP contribution in [0, 0.1) is 0 Å². The highest BCUT2D eigenvalue weighted by atomic mass is 16.6. The zero-order valence-corrected chi connectivity index (χ0v) is 15.1. The van der Waals surface area contributed by atoms with Crippen LogP contribution in [0.4, 0.5) is 9.59 Å². The van der Waals surface area contributed by atoms with Crippen molar-refractivity contribution >= 4 is 12.2 Å². The number of nitrogens with one attached hydrogen (secondary N) is 2. The second kappa shape index (κ2) is 7.98. The van der Waals surface area contributed by atoms with E-state index >= 15 is 0 Å². The summed E-state index contributed by atoms with van der Waals surface area (Å²) >= 11 is 0. The van der Waals surface area contributed by atoms with Crippen LogP contribution in [0.5, 0.6) is 0 Å². The lowest BCUT2D eigenvalue weighted by Gasteiger charge is -2.19. The molecule has 9 nitrogen and oxygen atoms in total. The van der Waals surface area contributed by atoms with Gasteiger partial charge < -0.3 is 24.5 Å². The molecule has 0 spiro atoms. The van der Waals surface area contributed by atoms with Crippen LogP contribution in [0.3, 0.4) is 0 Å². The predicted octanol–water partition coefficient (Wildman–Crippen LogP) is 2.16. The molecule has 24 heavy (non-hydrogen) atoms. The van der Waals surface area contributed by atoms with E-state index in [1.807, 2.05) is 0 Å². The van der Waals surface area contributed by atoms with Crippen molar-refractivity contribution in [3.8, 4) is 0 Å². The van der Waals surface area contributed by atoms with Crippen molar-refractivity contribution < 1.29 is 23.5 Å². The molecule has 0 aromatic carbocycles. The summed E-state index contributed by atoms with van der Waals surface area (Å²) in [5.74, 6) is 0.611. The SMILES string of the molecule is CC(C)(C)OC(=O)NCCc1nnc(CNC(=O)OC(C)(C)C)o1. The van der Waals surface area contributed by atoms with Crippen molar-refractivity contribution in [1.82, 2.24) is 20.8 Å². The molecule has 1 aromatic heterocycles. The summed E-state index contributed by atoms with van der Waals surface area (Å²) in [6, 6.07) is 0. The fraction of sp³-hybridized carbons (Fsp3) is 0.733. The molecule has 2 N–H and O–H groups in total. The average Bonchev–Trinajstić information content (AvgIpc) is 2.80. The number of alkyl carbamates (subject to hydrolysis) is 2. The monoisotopic (exact) mass is 342 g/mol. The van der Waals surface area contributed by atoms with Crippen LogP contribution in [0.15, 0.2) is 4.42 Å².